The number of pyridine rings is 1. The Kier molecular flexibility index (Phi) is 3.46. The Bertz CT molecular complexity index is 434. The number of rotatable bonds is 4. The summed E-state index contributed by atoms with van der Waals surface area (Å²) in [6.45, 7) is 3.87. The molecule has 5 heteroatoms. The fourth-order valence-corrected chi connectivity index (χ4v) is 0.995. The average Bonchev–Trinajstić information content (AvgIpc) is 2.26. The van der Waals surface area contributed by atoms with Gasteiger partial charge in [-0.05, 0) is 26.0 Å². The number of primary amides is 1. The fraction of sp³-hybridized carbons (Fsp3) is 0.364. The van der Waals surface area contributed by atoms with Crippen LogP contribution in [0.15, 0.2) is 18.3 Å². The standard InChI is InChI=1S/C11H14N4O/c1-11(2,10(13)16)7-15-9-5-8(6-12)3-4-14-9/h3-5H,7H2,1-2H3,(H2,13,16)(H,14,15). The molecule has 0 saturated heterocycles. The van der Waals surface area contributed by atoms with Crippen molar-refractivity contribution < 1.29 is 4.79 Å². The van der Waals surface area contributed by atoms with Crippen molar-refractivity contribution in [3.05, 3.63) is 23.9 Å². The molecule has 0 bridgehead atoms. The van der Waals surface area contributed by atoms with Crippen LogP contribution in [0, 0.1) is 16.7 Å². The van der Waals surface area contributed by atoms with Crippen molar-refractivity contribution in [2.45, 2.75) is 13.8 Å². The number of nitrogens with one attached hydrogen (secondary N) is 1. The molecule has 16 heavy (non-hydrogen) atoms. The first-order valence-electron chi connectivity index (χ1n) is 4.85. The van der Waals surface area contributed by atoms with Gasteiger partial charge in [-0.3, -0.25) is 4.79 Å². The van der Waals surface area contributed by atoms with Gasteiger partial charge in [0.2, 0.25) is 5.91 Å². The van der Waals surface area contributed by atoms with Gasteiger partial charge in [-0.25, -0.2) is 4.98 Å². The molecule has 0 saturated carbocycles. The molecule has 1 amide bonds. The number of amides is 1. The van der Waals surface area contributed by atoms with E-state index in [9.17, 15) is 4.79 Å². The van der Waals surface area contributed by atoms with Crippen LogP contribution in [0.3, 0.4) is 0 Å². The van der Waals surface area contributed by atoms with Gasteiger partial charge >= 0.3 is 0 Å². The lowest BCUT2D eigenvalue weighted by atomic mass is 9.93. The van der Waals surface area contributed by atoms with E-state index in [0.29, 0.717) is 17.9 Å². The maximum atomic E-state index is 11.1. The van der Waals surface area contributed by atoms with E-state index < -0.39 is 5.41 Å². The van der Waals surface area contributed by atoms with Crippen LogP contribution in [0.4, 0.5) is 5.82 Å². The number of carbonyl (C=O) groups excluding carboxylic acids is 1. The Balaban J connectivity index is 2.69. The number of anilines is 1. The molecular formula is C11H14N4O. The van der Waals surface area contributed by atoms with E-state index in [1.807, 2.05) is 6.07 Å². The Morgan fingerprint density at radius 3 is 2.94 bits per heavy atom. The van der Waals surface area contributed by atoms with Crippen LogP contribution in [-0.2, 0) is 4.79 Å². The second-order valence-electron chi connectivity index (χ2n) is 4.14. The van der Waals surface area contributed by atoms with Crippen molar-refractivity contribution >= 4 is 11.7 Å². The van der Waals surface area contributed by atoms with Crippen LogP contribution in [-0.4, -0.2) is 17.4 Å². The van der Waals surface area contributed by atoms with E-state index in [4.69, 9.17) is 11.0 Å². The summed E-state index contributed by atoms with van der Waals surface area (Å²) < 4.78 is 0. The van der Waals surface area contributed by atoms with E-state index in [1.54, 1.807) is 26.0 Å². The molecule has 3 N–H and O–H groups in total. The van der Waals surface area contributed by atoms with Crippen LogP contribution in [0.1, 0.15) is 19.4 Å². The molecule has 0 aliphatic carbocycles. The van der Waals surface area contributed by atoms with Gasteiger partial charge < -0.3 is 11.1 Å². The summed E-state index contributed by atoms with van der Waals surface area (Å²) in [5, 5.41) is 11.7. The molecule has 0 spiro atoms. The number of aromatic nitrogens is 1. The second kappa shape index (κ2) is 4.62. The van der Waals surface area contributed by atoms with Crippen molar-refractivity contribution in [1.29, 1.82) is 5.26 Å². The Morgan fingerprint density at radius 1 is 1.69 bits per heavy atom. The van der Waals surface area contributed by atoms with Crippen molar-refractivity contribution in [3.63, 3.8) is 0 Å². The fourth-order valence-electron chi connectivity index (χ4n) is 0.995. The summed E-state index contributed by atoms with van der Waals surface area (Å²) in [6, 6.07) is 5.25. The molecule has 0 aromatic carbocycles. The topological polar surface area (TPSA) is 91.8 Å². The molecule has 1 aromatic rings. The van der Waals surface area contributed by atoms with Gasteiger partial charge in [-0.1, -0.05) is 0 Å². The SMILES string of the molecule is CC(C)(CNc1cc(C#N)ccn1)C(N)=O. The van der Waals surface area contributed by atoms with E-state index in [0.717, 1.165) is 0 Å². The van der Waals surface area contributed by atoms with Crippen LogP contribution in [0.25, 0.3) is 0 Å². The first-order chi connectivity index (χ1) is 7.45. The Labute approximate surface area is 94.3 Å². The van der Waals surface area contributed by atoms with Crippen LogP contribution in [0.5, 0.6) is 0 Å². The van der Waals surface area contributed by atoms with Gasteiger partial charge in [-0.15, -0.1) is 0 Å². The van der Waals surface area contributed by atoms with E-state index in [1.165, 1.54) is 6.20 Å². The lowest BCUT2D eigenvalue weighted by molar-refractivity contribution is -0.125. The highest BCUT2D eigenvalue weighted by atomic mass is 16.1. The van der Waals surface area contributed by atoms with Crippen molar-refractivity contribution in [2.75, 3.05) is 11.9 Å². The molecule has 1 aromatic heterocycles. The number of carbonyl (C=O) groups is 1. The van der Waals surface area contributed by atoms with Crippen LogP contribution < -0.4 is 11.1 Å². The first-order valence-corrected chi connectivity index (χ1v) is 4.85. The average molecular weight is 218 g/mol. The minimum atomic E-state index is -0.648. The third-order valence-electron chi connectivity index (χ3n) is 2.27. The highest BCUT2D eigenvalue weighted by molar-refractivity contribution is 5.80. The monoisotopic (exact) mass is 218 g/mol. The molecule has 0 aliphatic rings. The Morgan fingerprint density at radius 2 is 2.38 bits per heavy atom. The number of hydrogen-bond donors (Lipinski definition) is 2. The zero-order chi connectivity index (χ0) is 12.2. The molecule has 0 radical (unpaired) electrons. The van der Waals surface area contributed by atoms with Gasteiger partial charge in [0.1, 0.15) is 5.82 Å². The number of hydrogen-bond acceptors (Lipinski definition) is 4. The zero-order valence-corrected chi connectivity index (χ0v) is 9.32. The van der Waals surface area contributed by atoms with Gasteiger partial charge in [0.25, 0.3) is 0 Å². The largest absolute Gasteiger partial charge is 0.369 e. The van der Waals surface area contributed by atoms with Crippen LogP contribution in [0.2, 0.25) is 0 Å². The lowest BCUT2D eigenvalue weighted by Gasteiger charge is -2.20. The summed E-state index contributed by atoms with van der Waals surface area (Å²) in [4.78, 5) is 15.1. The summed E-state index contributed by atoms with van der Waals surface area (Å²) >= 11 is 0. The van der Waals surface area contributed by atoms with Gasteiger partial charge in [-0.2, -0.15) is 5.26 Å². The third kappa shape index (κ3) is 2.95. The summed E-state index contributed by atoms with van der Waals surface area (Å²) in [5.41, 5.74) is 5.11. The predicted octanol–water partition coefficient (Wildman–Crippen LogP) is 0.877. The zero-order valence-electron chi connectivity index (χ0n) is 9.32. The summed E-state index contributed by atoms with van der Waals surface area (Å²) in [7, 11) is 0. The van der Waals surface area contributed by atoms with Crippen molar-refractivity contribution in [1.82, 2.24) is 4.98 Å². The van der Waals surface area contributed by atoms with Gasteiger partial charge in [0.05, 0.1) is 17.0 Å². The number of nitriles is 1. The molecular weight excluding hydrogens is 204 g/mol. The van der Waals surface area contributed by atoms with E-state index >= 15 is 0 Å². The molecule has 1 heterocycles. The molecule has 0 aliphatic heterocycles. The molecule has 84 valence electrons. The van der Waals surface area contributed by atoms with Gasteiger partial charge in [0, 0.05) is 12.7 Å². The minimum absolute atomic E-state index is 0.378. The quantitative estimate of drug-likeness (QED) is 0.784. The molecule has 0 unspecified atom stereocenters. The molecule has 0 fully saturated rings. The number of nitrogens with two attached hydrogens (primary N) is 1. The first kappa shape index (κ1) is 12.0. The lowest BCUT2D eigenvalue weighted by Crippen LogP contribution is -2.37. The Hall–Kier alpha value is -2.09. The van der Waals surface area contributed by atoms with E-state index in [2.05, 4.69) is 10.3 Å². The smallest absolute Gasteiger partial charge is 0.224 e. The number of nitrogens with zero attached hydrogens (tertiary/aromatic N) is 2. The van der Waals surface area contributed by atoms with E-state index in [-0.39, 0.29) is 5.91 Å². The highest BCUT2D eigenvalue weighted by Crippen LogP contribution is 2.15. The van der Waals surface area contributed by atoms with Gasteiger partial charge in [0.15, 0.2) is 0 Å². The highest BCUT2D eigenvalue weighted by Gasteiger charge is 2.24. The van der Waals surface area contributed by atoms with Crippen molar-refractivity contribution in [3.8, 4) is 6.07 Å². The van der Waals surface area contributed by atoms with Crippen molar-refractivity contribution in [2.24, 2.45) is 11.1 Å². The molecule has 5 nitrogen and oxygen atoms in total. The second-order valence-corrected chi connectivity index (χ2v) is 4.14. The minimum Gasteiger partial charge on any atom is -0.369 e. The predicted molar refractivity (Wildman–Crippen MR) is 60.4 cm³/mol. The maximum absolute atomic E-state index is 11.1. The summed E-state index contributed by atoms with van der Waals surface area (Å²) in [5.74, 6) is 0.185. The van der Waals surface area contributed by atoms with Crippen LogP contribution >= 0.6 is 0 Å². The molecule has 1 rings (SSSR count). The maximum Gasteiger partial charge on any atom is 0.224 e. The molecule has 0 atom stereocenters. The normalized spacial score (nSPS) is 10.6. The summed E-state index contributed by atoms with van der Waals surface area (Å²) in [6.07, 6.45) is 1.54. The third-order valence-corrected chi connectivity index (χ3v) is 2.27.